The van der Waals surface area contributed by atoms with Crippen LogP contribution in [0.15, 0.2) is 46.0 Å². The maximum Gasteiger partial charge on any atom is 0.253 e. The van der Waals surface area contributed by atoms with E-state index in [9.17, 15) is 13.2 Å². The number of rotatable bonds is 4. The monoisotopic (exact) mass is 418 g/mol. The SMILES string of the molecule is C[C@@H]1CCCC[C@@H]1NC(=O)[C@@H]1Cc2ccccc2CN1S(=O)(=O)c1cccs1. The number of carbonyl (C=O) groups excluding carboxylic acids is 1. The first-order valence-corrected chi connectivity index (χ1v) is 12.2. The lowest BCUT2D eigenvalue weighted by Gasteiger charge is -2.37. The first-order valence-electron chi connectivity index (χ1n) is 9.89. The van der Waals surface area contributed by atoms with E-state index in [1.807, 2.05) is 24.3 Å². The maximum atomic E-state index is 13.3. The molecule has 2 aliphatic rings. The van der Waals surface area contributed by atoms with Gasteiger partial charge in [0.25, 0.3) is 10.0 Å². The summed E-state index contributed by atoms with van der Waals surface area (Å²) in [6, 6.07) is 10.6. The van der Waals surface area contributed by atoms with Crippen molar-refractivity contribution in [3.63, 3.8) is 0 Å². The van der Waals surface area contributed by atoms with Gasteiger partial charge in [0.2, 0.25) is 5.91 Å². The predicted octanol–water partition coefficient (Wildman–Crippen LogP) is 3.56. The third kappa shape index (κ3) is 3.75. The summed E-state index contributed by atoms with van der Waals surface area (Å²) in [5, 5.41) is 4.93. The minimum Gasteiger partial charge on any atom is -0.352 e. The topological polar surface area (TPSA) is 66.5 Å². The van der Waals surface area contributed by atoms with E-state index in [-0.39, 0.29) is 22.7 Å². The Bertz CT molecular complexity index is 940. The summed E-state index contributed by atoms with van der Waals surface area (Å²) < 4.78 is 28.3. The van der Waals surface area contributed by atoms with Gasteiger partial charge in [0.15, 0.2) is 0 Å². The van der Waals surface area contributed by atoms with Crippen LogP contribution >= 0.6 is 11.3 Å². The van der Waals surface area contributed by atoms with E-state index in [0.29, 0.717) is 12.3 Å². The van der Waals surface area contributed by atoms with Gasteiger partial charge in [-0.2, -0.15) is 4.31 Å². The van der Waals surface area contributed by atoms with Gasteiger partial charge >= 0.3 is 0 Å². The summed E-state index contributed by atoms with van der Waals surface area (Å²) in [6.45, 7) is 2.40. The molecule has 4 rings (SSSR count). The zero-order valence-electron chi connectivity index (χ0n) is 16.0. The lowest BCUT2D eigenvalue weighted by atomic mass is 9.85. The lowest BCUT2D eigenvalue weighted by Crippen LogP contribution is -2.55. The van der Waals surface area contributed by atoms with E-state index in [1.54, 1.807) is 17.5 Å². The van der Waals surface area contributed by atoms with Crippen LogP contribution in [0.2, 0.25) is 0 Å². The average Bonchev–Trinajstić information content (AvgIpc) is 3.24. The number of thiophene rings is 1. The third-order valence-electron chi connectivity index (χ3n) is 6.01. The van der Waals surface area contributed by atoms with Crippen LogP contribution in [0.3, 0.4) is 0 Å². The highest BCUT2D eigenvalue weighted by Gasteiger charge is 2.40. The minimum absolute atomic E-state index is 0.129. The van der Waals surface area contributed by atoms with Crippen molar-refractivity contribution in [2.24, 2.45) is 5.92 Å². The van der Waals surface area contributed by atoms with Crippen LogP contribution in [0.25, 0.3) is 0 Å². The van der Waals surface area contributed by atoms with Crippen LogP contribution in [-0.2, 0) is 27.8 Å². The first-order chi connectivity index (χ1) is 13.5. The van der Waals surface area contributed by atoms with Crippen LogP contribution in [0, 0.1) is 5.92 Å². The fourth-order valence-corrected chi connectivity index (χ4v) is 7.00. The highest BCUT2D eigenvalue weighted by molar-refractivity contribution is 7.91. The highest BCUT2D eigenvalue weighted by Crippen LogP contribution is 2.31. The van der Waals surface area contributed by atoms with Crippen LogP contribution in [0.1, 0.15) is 43.7 Å². The Labute approximate surface area is 170 Å². The van der Waals surface area contributed by atoms with Gasteiger partial charge in [0.05, 0.1) is 0 Å². The molecule has 2 aromatic rings. The molecule has 1 N–H and O–H groups in total. The molecule has 1 fully saturated rings. The number of hydrogen-bond acceptors (Lipinski definition) is 4. The predicted molar refractivity (Wildman–Crippen MR) is 111 cm³/mol. The van der Waals surface area contributed by atoms with E-state index in [1.165, 1.54) is 22.1 Å². The molecule has 0 radical (unpaired) electrons. The van der Waals surface area contributed by atoms with Crippen molar-refractivity contribution >= 4 is 27.3 Å². The van der Waals surface area contributed by atoms with Crippen molar-refractivity contribution in [3.8, 4) is 0 Å². The molecule has 1 aromatic heterocycles. The molecule has 1 aliphatic carbocycles. The molecule has 150 valence electrons. The third-order valence-corrected chi connectivity index (χ3v) is 9.23. The Morgan fingerprint density at radius 1 is 1.11 bits per heavy atom. The van der Waals surface area contributed by atoms with Gasteiger partial charge in [-0.05, 0) is 47.8 Å². The Kier molecular flexibility index (Phi) is 5.58. The van der Waals surface area contributed by atoms with Crippen LogP contribution < -0.4 is 5.32 Å². The van der Waals surface area contributed by atoms with Crippen molar-refractivity contribution < 1.29 is 13.2 Å². The summed E-state index contributed by atoms with van der Waals surface area (Å²) >= 11 is 1.19. The molecule has 0 spiro atoms. The summed E-state index contributed by atoms with van der Waals surface area (Å²) in [4.78, 5) is 13.2. The molecule has 1 amide bonds. The molecule has 0 saturated heterocycles. The largest absolute Gasteiger partial charge is 0.352 e. The Morgan fingerprint density at radius 3 is 2.57 bits per heavy atom. The second-order valence-electron chi connectivity index (χ2n) is 7.85. The second kappa shape index (κ2) is 7.97. The molecule has 5 nitrogen and oxygen atoms in total. The summed E-state index contributed by atoms with van der Waals surface area (Å²) in [5.74, 6) is 0.254. The second-order valence-corrected chi connectivity index (χ2v) is 10.9. The normalized spacial score (nSPS) is 25.8. The van der Waals surface area contributed by atoms with Gasteiger partial charge in [-0.25, -0.2) is 8.42 Å². The highest BCUT2D eigenvalue weighted by atomic mass is 32.2. The molecular formula is C21H26N2O3S2. The number of benzene rings is 1. The van der Waals surface area contributed by atoms with Crippen LogP contribution in [0.4, 0.5) is 0 Å². The molecule has 1 aromatic carbocycles. The van der Waals surface area contributed by atoms with E-state index >= 15 is 0 Å². The average molecular weight is 419 g/mol. The van der Waals surface area contributed by atoms with Crippen molar-refractivity contribution in [3.05, 3.63) is 52.9 Å². The van der Waals surface area contributed by atoms with E-state index in [4.69, 9.17) is 0 Å². The van der Waals surface area contributed by atoms with Crippen molar-refractivity contribution in [1.82, 2.24) is 9.62 Å². The molecule has 0 unspecified atom stereocenters. The van der Waals surface area contributed by atoms with Crippen molar-refractivity contribution in [2.75, 3.05) is 0 Å². The van der Waals surface area contributed by atoms with Crippen LogP contribution in [-0.4, -0.2) is 30.7 Å². The molecule has 1 aliphatic heterocycles. The summed E-state index contributed by atoms with van der Waals surface area (Å²) in [5.41, 5.74) is 2.02. The molecule has 3 atom stereocenters. The fourth-order valence-electron chi connectivity index (χ4n) is 4.31. The van der Waals surface area contributed by atoms with E-state index < -0.39 is 16.1 Å². The van der Waals surface area contributed by atoms with Gasteiger partial charge < -0.3 is 5.32 Å². The van der Waals surface area contributed by atoms with Crippen molar-refractivity contribution in [1.29, 1.82) is 0 Å². The smallest absolute Gasteiger partial charge is 0.253 e. The number of amides is 1. The number of fused-ring (bicyclic) bond motifs is 1. The van der Waals surface area contributed by atoms with Crippen molar-refractivity contribution in [2.45, 2.75) is 61.9 Å². The number of hydrogen-bond donors (Lipinski definition) is 1. The zero-order valence-corrected chi connectivity index (χ0v) is 17.6. The number of nitrogens with one attached hydrogen (secondary N) is 1. The standard InChI is InChI=1S/C21H26N2O3S2/c1-15-7-2-5-10-18(15)22-21(24)19-13-16-8-3-4-9-17(16)14-23(19)28(25,26)20-11-6-12-27-20/h3-4,6,8-9,11-12,15,18-19H,2,5,7,10,13-14H2,1H3,(H,22,24)/t15-,18+,19+/m1/s1. The molecule has 28 heavy (non-hydrogen) atoms. The fraction of sp³-hybridized carbons (Fsp3) is 0.476. The van der Waals surface area contributed by atoms with E-state index in [0.717, 1.165) is 30.4 Å². The molecule has 1 saturated carbocycles. The van der Waals surface area contributed by atoms with Crippen LogP contribution in [0.5, 0.6) is 0 Å². The summed E-state index contributed by atoms with van der Waals surface area (Å²) in [6.07, 6.45) is 4.79. The maximum absolute atomic E-state index is 13.3. The van der Waals surface area contributed by atoms with E-state index in [2.05, 4.69) is 12.2 Å². The lowest BCUT2D eigenvalue weighted by molar-refractivity contribution is -0.126. The number of sulfonamides is 1. The number of nitrogens with zero attached hydrogens (tertiary/aromatic N) is 1. The summed E-state index contributed by atoms with van der Waals surface area (Å²) in [7, 11) is -3.72. The van der Waals surface area contributed by atoms with Gasteiger partial charge in [-0.15, -0.1) is 11.3 Å². The molecule has 0 bridgehead atoms. The minimum atomic E-state index is -3.72. The first kappa shape index (κ1) is 19.6. The van der Waals surface area contributed by atoms with Gasteiger partial charge in [0.1, 0.15) is 10.3 Å². The Hall–Kier alpha value is -1.70. The molecule has 2 heterocycles. The molecular weight excluding hydrogens is 392 g/mol. The Balaban J connectivity index is 1.65. The Morgan fingerprint density at radius 2 is 1.86 bits per heavy atom. The quantitative estimate of drug-likeness (QED) is 0.826. The van der Waals surface area contributed by atoms with Gasteiger partial charge in [-0.3, -0.25) is 4.79 Å². The van der Waals surface area contributed by atoms with Gasteiger partial charge in [-0.1, -0.05) is 50.1 Å². The number of carbonyl (C=O) groups is 1. The van der Waals surface area contributed by atoms with Gasteiger partial charge in [0, 0.05) is 12.6 Å². The zero-order chi connectivity index (χ0) is 19.7. The molecule has 7 heteroatoms.